The highest BCUT2D eigenvalue weighted by Gasteiger charge is 2.37. The number of nitrogens with one attached hydrogen (secondary N) is 1. The van der Waals surface area contributed by atoms with Gasteiger partial charge in [-0.1, -0.05) is 11.8 Å². The second kappa shape index (κ2) is 5.42. The second-order valence-electron chi connectivity index (χ2n) is 5.86. The van der Waals surface area contributed by atoms with Gasteiger partial charge in [-0.05, 0) is 44.9 Å². The molecule has 2 N–H and O–H groups in total. The number of nitrogens with zero attached hydrogens (tertiary/aromatic N) is 3. The third-order valence-corrected chi connectivity index (χ3v) is 4.78. The molecule has 112 valence electrons. The lowest BCUT2D eigenvalue weighted by atomic mass is 10.0. The lowest BCUT2D eigenvalue weighted by molar-refractivity contribution is 0.0578. The number of fused-ring (bicyclic) bond motifs is 1. The molecule has 1 aliphatic carbocycles. The summed E-state index contributed by atoms with van der Waals surface area (Å²) in [5.74, 6) is 0.737. The number of aromatic nitrogens is 3. The van der Waals surface area contributed by atoms with Gasteiger partial charge in [0.15, 0.2) is 11.0 Å². The minimum atomic E-state index is -0.686. The number of anilines is 1. The van der Waals surface area contributed by atoms with E-state index >= 15 is 0 Å². The Balaban J connectivity index is 2.03. The van der Waals surface area contributed by atoms with Crippen LogP contribution in [0.3, 0.4) is 0 Å². The zero-order valence-corrected chi connectivity index (χ0v) is 13.4. The molecule has 21 heavy (non-hydrogen) atoms. The molecular formula is C15H20N4OS. The van der Waals surface area contributed by atoms with E-state index in [1.807, 2.05) is 32.5 Å². The van der Waals surface area contributed by atoms with E-state index in [2.05, 4.69) is 20.3 Å². The van der Waals surface area contributed by atoms with Gasteiger partial charge in [-0.2, -0.15) is 0 Å². The molecule has 1 saturated carbocycles. The Morgan fingerprint density at radius 1 is 1.38 bits per heavy atom. The smallest absolute Gasteiger partial charge is 0.187 e. The zero-order valence-electron chi connectivity index (χ0n) is 12.6. The molecule has 0 saturated heterocycles. The predicted molar refractivity (Wildman–Crippen MR) is 85.7 cm³/mol. The van der Waals surface area contributed by atoms with Crippen LogP contribution in [0.2, 0.25) is 0 Å². The van der Waals surface area contributed by atoms with Crippen molar-refractivity contribution >= 4 is 28.5 Å². The van der Waals surface area contributed by atoms with Crippen LogP contribution in [0.25, 0.3) is 10.9 Å². The molecule has 0 amide bonds. The maximum absolute atomic E-state index is 10.4. The van der Waals surface area contributed by atoms with E-state index in [-0.39, 0.29) is 6.04 Å². The van der Waals surface area contributed by atoms with Gasteiger partial charge in [-0.3, -0.25) is 0 Å². The number of rotatable bonds is 3. The Morgan fingerprint density at radius 2 is 2.19 bits per heavy atom. The summed E-state index contributed by atoms with van der Waals surface area (Å²) in [6, 6.07) is 0.0172. The molecule has 1 aliphatic rings. The highest BCUT2D eigenvalue weighted by Crippen LogP contribution is 2.33. The number of hydrogen-bond donors (Lipinski definition) is 2. The predicted octanol–water partition coefficient (Wildman–Crippen LogP) is 2.77. The van der Waals surface area contributed by atoms with Crippen LogP contribution < -0.4 is 5.32 Å². The maximum atomic E-state index is 10.4. The first-order valence-corrected chi connectivity index (χ1v) is 8.39. The van der Waals surface area contributed by atoms with E-state index in [9.17, 15) is 5.11 Å². The Labute approximate surface area is 128 Å². The minimum absolute atomic E-state index is 0.0172. The van der Waals surface area contributed by atoms with Crippen LogP contribution in [-0.2, 0) is 0 Å². The van der Waals surface area contributed by atoms with Crippen LogP contribution in [-0.4, -0.2) is 38.0 Å². The molecule has 0 unspecified atom stereocenters. The molecule has 1 fully saturated rings. The van der Waals surface area contributed by atoms with Crippen molar-refractivity contribution in [3.63, 3.8) is 0 Å². The van der Waals surface area contributed by atoms with Crippen LogP contribution >= 0.6 is 11.8 Å². The highest BCUT2D eigenvalue weighted by molar-refractivity contribution is 7.98. The molecule has 0 aliphatic heterocycles. The fourth-order valence-electron chi connectivity index (χ4n) is 2.87. The molecule has 5 nitrogen and oxygen atoms in total. The maximum Gasteiger partial charge on any atom is 0.187 e. The van der Waals surface area contributed by atoms with Gasteiger partial charge < -0.3 is 10.4 Å². The van der Waals surface area contributed by atoms with Crippen LogP contribution in [0, 0.1) is 6.92 Å². The molecule has 2 heterocycles. The van der Waals surface area contributed by atoms with Crippen molar-refractivity contribution in [2.75, 3.05) is 11.6 Å². The average Bonchev–Trinajstić information content (AvgIpc) is 2.80. The van der Waals surface area contributed by atoms with E-state index < -0.39 is 5.60 Å². The van der Waals surface area contributed by atoms with E-state index in [0.29, 0.717) is 0 Å². The second-order valence-corrected chi connectivity index (χ2v) is 6.63. The number of thioether (sulfide) groups is 1. The van der Waals surface area contributed by atoms with Gasteiger partial charge in [-0.25, -0.2) is 15.0 Å². The van der Waals surface area contributed by atoms with Crippen LogP contribution in [0.5, 0.6) is 0 Å². The monoisotopic (exact) mass is 304 g/mol. The molecular weight excluding hydrogens is 284 g/mol. The van der Waals surface area contributed by atoms with Crippen molar-refractivity contribution in [3.8, 4) is 0 Å². The van der Waals surface area contributed by atoms with E-state index in [4.69, 9.17) is 0 Å². The number of aliphatic hydroxyl groups is 1. The average molecular weight is 304 g/mol. The van der Waals surface area contributed by atoms with Gasteiger partial charge in [0.25, 0.3) is 0 Å². The molecule has 0 bridgehead atoms. The Morgan fingerprint density at radius 3 is 2.86 bits per heavy atom. The molecule has 2 aromatic rings. The highest BCUT2D eigenvalue weighted by atomic mass is 32.2. The Bertz CT molecular complexity index is 674. The number of aryl methyl sites for hydroxylation is 1. The summed E-state index contributed by atoms with van der Waals surface area (Å²) in [4.78, 5) is 13.4. The van der Waals surface area contributed by atoms with E-state index in [1.54, 1.807) is 0 Å². The fraction of sp³-hybridized carbons (Fsp3) is 0.533. The van der Waals surface area contributed by atoms with Gasteiger partial charge >= 0.3 is 0 Å². The van der Waals surface area contributed by atoms with Gasteiger partial charge in [0, 0.05) is 17.8 Å². The summed E-state index contributed by atoms with van der Waals surface area (Å²) in [7, 11) is 0. The molecule has 3 rings (SSSR count). The van der Waals surface area contributed by atoms with Crippen LogP contribution in [0.4, 0.5) is 5.82 Å². The molecule has 6 heteroatoms. The molecule has 0 radical (unpaired) electrons. The molecule has 2 atom stereocenters. The Hall–Kier alpha value is -1.40. The van der Waals surface area contributed by atoms with Crippen LogP contribution in [0.1, 0.15) is 31.7 Å². The summed E-state index contributed by atoms with van der Waals surface area (Å²) < 4.78 is 0. The van der Waals surface area contributed by atoms with Gasteiger partial charge in [0.2, 0.25) is 0 Å². The van der Waals surface area contributed by atoms with Gasteiger partial charge in [0.05, 0.1) is 11.6 Å². The third-order valence-electron chi connectivity index (χ3n) is 4.22. The molecule has 2 aromatic heterocycles. The van der Waals surface area contributed by atoms with Crippen molar-refractivity contribution < 1.29 is 5.11 Å². The summed E-state index contributed by atoms with van der Waals surface area (Å²) >= 11 is 1.51. The van der Waals surface area contributed by atoms with Gasteiger partial charge in [0.1, 0.15) is 5.52 Å². The fourth-order valence-corrected chi connectivity index (χ4v) is 3.21. The summed E-state index contributed by atoms with van der Waals surface area (Å²) in [5, 5.41) is 15.5. The normalized spacial score (nSPS) is 25.4. The summed E-state index contributed by atoms with van der Waals surface area (Å²) in [5.41, 5.74) is 1.20. The molecule has 0 aromatic carbocycles. The largest absolute Gasteiger partial charge is 0.388 e. The van der Waals surface area contributed by atoms with Crippen molar-refractivity contribution in [2.24, 2.45) is 0 Å². The topological polar surface area (TPSA) is 70.9 Å². The SMILES string of the molecule is CSc1ncc2c(C)cnc(N[C@@H]3CCC[C@@]3(C)O)c2n1. The first-order chi connectivity index (χ1) is 10.0. The van der Waals surface area contributed by atoms with Gasteiger partial charge in [-0.15, -0.1) is 0 Å². The minimum Gasteiger partial charge on any atom is -0.388 e. The number of pyridine rings is 1. The van der Waals surface area contributed by atoms with E-state index in [1.165, 1.54) is 11.8 Å². The zero-order chi connectivity index (χ0) is 15.0. The van der Waals surface area contributed by atoms with Crippen molar-refractivity contribution in [1.82, 2.24) is 15.0 Å². The Kier molecular flexibility index (Phi) is 3.75. The lowest BCUT2D eigenvalue weighted by Gasteiger charge is -2.27. The van der Waals surface area contributed by atoms with Crippen molar-refractivity contribution in [2.45, 2.75) is 49.9 Å². The van der Waals surface area contributed by atoms with Crippen molar-refractivity contribution in [3.05, 3.63) is 18.0 Å². The summed E-state index contributed by atoms with van der Waals surface area (Å²) in [6.45, 7) is 3.89. The first-order valence-electron chi connectivity index (χ1n) is 7.16. The molecule has 0 spiro atoms. The first kappa shape index (κ1) is 14.5. The lowest BCUT2D eigenvalue weighted by Crippen LogP contribution is -2.39. The summed E-state index contributed by atoms with van der Waals surface area (Å²) in [6.07, 6.45) is 8.43. The van der Waals surface area contributed by atoms with E-state index in [0.717, 1.165) is 46.7 Å². The standard InChI is InChI=1S/C15H20N4OS/c1-9-7-16-13(18-11-5-4-6-15(11,2)20)12-10(9)8-17-14(19-12)21-3/h7-8,11,20H,4-6H2,1-3H3,(H,16,18)/t11-,15-/m1/s1. The quantitative estimate of drug-likeness (QED) is 0.671. The van der Waals surface area contributed by atoms with Crippen LogP contribution in [0.15, 0.2) is 17.6 Å². The van der Waals surface area contributed by atoms with Crippen molar-refractivity contribution in [1.29, 1.82) is 0 Å². The third kappa shape index (κ3) is 2.70. The number of hydrogen-bond acceptors (Lipinski definition) is 6.